The molecular weight excluding hydrogens is 478 g/mol. The summed E-state index contributed by atoms with van der Waals surface area (Å²) in [5, 5.41) is 9.51. The summed E-state index contributed by atoms with van der Waals surface area (Å²) in [6.45, 7) is 0. The molecule has 1 aliphatic carbocycles. The zero-order valence-electron chi connectivity index (χ0n) is 17.8. The van der Waals surface area contributed by atoms with Crippen molar-refractivity contribution in [3.8, 4) is 5.75 Å². The Bertz CT molecular complexity index is 1250. The van der Waals surface area contributed by atoms with Crippen molar-refractivity contribution in [2.24, 2.45) is 5.92 Å². The molecule has 35 heavy (non-hydrogen) atoms. The Morgan fingerprint density at radius 2 is 1.77 bits per heavy atom. The first kappa shape index (κ1) is 23.1. The molecule has 0 radical (unpaired) electrons. The van der Waals surface area contributed by atoms with Crippen molar-refractivity contribution in [3.05, 3.63) is 71.4 Å². The van der Waals surface area contributed by atoms with Crippen LogP contribution in [0.4, 0.5) is 37.8 Å². The van der Waals surface area contributed by atoms with Crippen LogP contribution in [0.2, 0.25) is 0 Å². The summed E-state index contributed by atoms with van der Waals surface area (Å²) in [6, 6.07) is 10.4. The Morgan fingerprint density at radius 3 is 2.46 bits per heavy atom. The number of aryl methyl sites for hydroxylation is 1. The maximum absolute atomic E-state index is 14.2. The van der Waals surface area contributed by atoms with Crippen molar-refractivity contribution >= 4 is 17.4 Å². The number of hydrogen-bond acceptors (Lipinski definition) is 4. The van der Waals surface area contributed by atoms with Gasteiger partial charge in [0, 0.05) is 17.7 Å². The normalized spacial score (nSPS) is 21.3. The van der Waals surface area contributed by atoms with Gasteiger partial charge in [-0.05, 0) is 48.2 Å². The maximum Gasteiger partial charge on any atom is 0.573 e. The summed E-state index contributed by atoms with van der Waals surface area (Å²) in [7, 11) is 0. The number of anilines is 2. The predicted molar refractivity (Wildman–Crippen MR) is 113 cm³/mol. The van der Waals surface area contributed by atoms with E-state index in [1.807, 2.05) is 12.1 Å². The number of nitrogens with one attached hydrogen (secondary N) is 2. The molecule has 3 atom stereocenters. The molecule has 0 spiro atoms. The van der Waals surface area contributed by atoms with Crippen LogP contribution < -0.4 is 15.4 Å². The number of carbonyl (C=O) groups is 1. The highest BCUT2D eigenvalue weighted by Crippen LogP contribution is 2.51. The summed E-state index contributed by atoms with van der Waals surface area (Å²) >= 11 is 0. The van der Waals surface area contributed by atoms with Crippen molar-refractivity contribution in [3.63, 3.8) is 0 Å². The molecule has 6 nitrogen and oxygen atoms in total. The van der Waals surface area contributed by atoms with Gasteiger partial charge >= 0.3 is 12.5 Å². The second kappa shape index (κ2) is 8.21. The van der Waals surface area contributed by atoms with Crippen LogP contribution in [0.3, 0.4) is 0 Å². The molecule has 0 saturated heterocycles. The average molecular weight is 496 g/mol. The van der Waals surface area contributed by atoms with Crippen molar-refractivity contribution in [2.75, 3.05) is 10.6 Å². The van der Waals surface area contributed by atoms with Gasteiger partial charge in [0.1, 0.15) is 11.6 Å². The number of alkyl halides is 6. The number of amides is 1. The van der Waals surface area contributed by atoms with Gasteiger partial charge in [0.25, 0.3) is 5.91 Å². The Morgan fingerprint density at radius 1 is 1.06 bits per heavy atom. The van der Waals surface area contributed by atoms with Crippen molar-refractivity contribution in [2.45, 2.75) is 37.5 Å². The fourth-order valence-corrected chi connectivity index (χ4v) is 4.79. The molecule has 2 N–H and O–H groups in total. The SMILES string of the molecule is O=C(Nc1ccc(OC(F)(F)F)cc1)c1cc2n(n1)[C@@H](C(F)(F)F)[C@@H]1CCc3ccccc3[C@@H]1N2. The lowest BCUT2D eigenvalue weighted by Crippen LogP contribution is -2.45. The number of halogens is 6. The molecule has 0 unspecified atom stereocenters. The average Bonchev–Trinajstić information content (AvgIpc) is 3.20. The molecule has 1 aromatic heterocycles. The van der Waals surface area contributed by atoms with E-state index in [1.54, 1.807) is 12.1 Å². The van der Waals surface area contributed by atoms with E-state index < -0.39 is 42.2 Å². The van der Waals surface area contributed by atoms with Crippen molar-refractivity contribution in [1.82, 2.24) is 9.78 Å². The third-order valence-electron chi connectivity index (χ3n) is 6.19. The lowest BCUT2D eigenvalue weighted by molar-refractivity contribution is -0.274. The third-order valence-corrected chi connectivity index (χ3v) is 6.19. The Kier molecular flexibility index (Phi) is 5.41. The highest BCUT2D eigenvalue weighted by Gasteiger charge is 2.53. The number of aromatic nitrogens is 2. The van der Waals surface area contributed by atoms with Gasteiger partial charge in [-0.15, -0.1) is 13.2 Å². The minimum absolute atomic E-state index is 0.0596. The van der Waals surface area contributed by atoms with Gasteiger partial charge in [0.05, 0.1) is 6.04 Å². The van der Waals surface area contributed by atoms with Gasteiger partial charge in [-0.1, -0.05) is 24.3 Å². The van der Waals surface area contributed by atoms with Crippen LogP contribution in [0.1, 0.15) is 40.1 Å². The monoisotopic (exact) mass is 496 g/mol. The van der Waals surface area contributed by atoms with Gasteiger partial charge in [-0.25, -0.2) is 4.68 Å². The topological polar surface area (TPSA) is 68.2 Å². The van der Waals surface area contributed by atoms with Crippen LogP contribution in [0, 0.1) is 5.92 Å². The lowest BCUT2D eigenvalue weighted by atomic mass is 9.75. The summed E-state index contributed by atoms with van der Waals surface area (Å²) in [5.41, 5.74) is 1.63. The Labute approximate surface area is 194 Å². The standard InChI is InChI=1S/C23H18F6N4O2/c24-22(25,26)20-16-10-5-12-3-1-2-4-15(12)19(16)31-18-11-17(32-33(18)20)21(34)30-13-6-8-14(9-7-13)35-23(27,28)29/h1-4,6-9,11,16,19-20,31H,5,10H2,(H,30,34)/t16-,19+,20-/m1/s1. The van der Waals surface area contributed by atoms with E-state index in [0.717, 1.165) is 27.9 Å². The molecule has 0 fully saturated rings. The molecular formula is C23H18F6N4O2. The zero-order chi connectivity index (χ0) is 25.0. The van der Waals surface area contributed by atoms with Crippen molar-refractivity contribution in [1.29, 1.82) is 0 Å². The first-order valence-electron chi connectivity index (χ1n) is 10.7. The van der Waals surface area contributed by atoms with Gasteiger partial charge in [-0.3, -0.25) is 4.79 Å². The molecule has 3 aromatic rings. The van der Waals surface area contributed by atoms with Gasteiger partial charge in [0.15, 0.2) is 11.7 Å². The van der Waals surface area contributed by atoms with E-state index in [-0.39, 0.29) is 17.2 Å². The van der Waals surface area contributed by atoms with Crippen LogP contribution in [-0.4, -0.2) is 28.2 Å². The first-order valence-corrected chi connectivity index (χ1v) is 10.7. The maximum atomic E-state index is 14.2. The molecule has 1 aliphatic heterocycles. The number of fused-ring (bicyclic) bond motifs is 4. The van der Waals surface area contributed by atoms with E-state index >= 15 is 0 Å². The Balaban J connectivity index is 1.41. The van der Waals surface area contributed by atoms with Gasteiger partial charge in [0.2, 0.25) is 0 Å². The summed E-state index contributed by atoms with van der Waals surface area (Å²) in [5.74, 6) is -2.03. The molecule has 2 aromatic carbocycles. The van der Waals surface area contributed by atoms with E-state index in [1.165, 1.54) is 18.2 Å². The van der Waals surface area contributed by atoms with Crippen molar-refractivity contribution < 1.29 is 35.9 Å². The summed E-state index contributed by atoms with van der Waals surface area (Å²) in [6.07, 6.45) is -8.66. The van der Waals surface area contributed by atoms with Crippen LogP contribution in [-0.2, 0) is 6.42 Å². The van der Waals surface area contributed by atoms with Crippen LogP contribution in [0.5, 0.6) is 5.75 Å². The predicted octanol–water partition coefficient (Wildman–Crippen LogP) is 5.87. The van der Waals surface area contributed by atoms with Crippen LogP contribution in [0.25, 0.3) is 0 Å². The number of ether oxygens (including phenoxy) is 1. The molecule has 184 valence electrons. The number of rotatable bonds is 3. The van der Waals surface area contributed by atoms with E-state index in [2.05, 4.69) is 20.5 Å². The molecule has 1 amide bonds. The molecule has 0 bridgehead atoms. The lowest BCUT2D eigenvalue weighted by Gasteiger charge is -2.43. The number of benzene rings is 2. The summed E-state index contributed by atoms with van der Waals surface area (Å²) < 4.78 is 84.1. The van der Waals surface area contributed by atoms with Crippen LogP contribution in [0.15, 0.2) is 54.6 Å². The second-order valence-corrected chi connectivity index (χ2v) is 8.40. The molecule has 5 rings (SSSR count). The van der Waals surface area contributed by atoms with E-state index in [4.69, 9.17) is 0 Å². The summed E-state index contributed by atoms with van der Waals surface area (Å²) in [4.78, 5) is 12.7. The fourth-order valence-electron chi connectivity index (χ4n) is 4.79. The molecule has 12 heteroatoms. The first-order chi connectivity index (χ1) is 16.5. The highest BCUT2D eigenvalue weighted by molar-refractivity contribution is 6.03. The smallest absolute Gasteiger partial charge is 0.406 e. The van der Waals surface area contributed by atoms with Crippen LogP contribution >= 0.6 is 0 Å². The zero-order valence-corrected chi connectivity index (χ0v) is 17.8. The molecule has 2 heterocycles. The third kappa shape index (κ3) is 4.52. The minimum Gasteiger partial charge on any atom is -0.406 e. The highest BCUT2D eigenvalue weighted by atomic mass is 19.4. The minimum atomic E-state index is -4.86. The van der Waals surface area contributed by atoms with E-state index in [9.17, 15) is 31.1 Å². The van der Waals surface area contributed by atoms with E-state index in [0.29, 0.717) is 12.8 Å². The Hall–Kier alpha value is -3.70. The number of hydrogen-bond donors (Lipinski definition) is 2. The molecule has 0 saturated carbocycles. The largest absolute Gasteiger partial charge is 0.573 e. The quantitative estimate of drug-likeness (QED) is 0.446. The van der Waals surface area contributed by atoms with Gasteiger partial charge < -0.3 is 15.4 Å². The van der Waals surface area contributed by atoms with Gasteiger partial charge in [-0.2, -0.15) is 18.3 Å². The number of carbonyl (C=O) groups excluding carboxylic acids is 1. The second-order valence-electron chi connectivity index (χ2n) is 8.40. The molecule has 2 aliphatic rings. The number of nitrogens with zero attached hydrogens (tertiary/aromatic N) is 2. The fraction of sp³-hybridized carbons (Fsp3) is 0.304.